The smallest absolute Gasteiger partial charge is 0.164 e. The third-order valence-corrected chi connectivity index (χ3v) is 1.40. The number of hydrogen-bond donors (Lipinski definition) is 0. The second kappa shape index (κ2) is 8.16. The van der Waals surface area contributed by atoms with Gasteiger partial charge in [0.25, 0.3) is 0 Å². The van der Waals surface area contributed by atoms with E-state index in [0.717, 1.165) is 0 Å². The molecule has 0 rings (SSSR count). The lowest BCUT2D eigenvalue weighted by atomic mass is 10.3. The largest absolute Gasteiger partial charge is 0.377 e. The van der Waals surface area contributed by atoms with Crippen molar-refractivity contribution in [2.45, 2.75) is 26.6 Å². The maximum absolute atomic E-state index is 11.1. The Bertz CT molecular complexity index is 130. The van der Waals surface area contributed by atoms with E-state index < -0.39 is 6.29 Å². The lowest BCUT2D eigenvalue weighted by molar-refractivity contribution is -0.154. The second-order valence-electron chi connectivity index (χ2n) is 2.52. The third-order valence-electron chi connectivity index (χ3n) is 1.40. The Morgan fingerprint density at radius 2 is 1.77 bits per heavy atom. The molecule has 0 aromatic carbocycles. The molecule has 0 aliphatic carbocycles. The van der Waals surface area contributed by atoms with Gasteiger partial charge in [-0.1, -0.05) is 0 Å². The fourth-order valence-electron chi connectivity index (χ4n) is 0.944. The predicted molar refractivity (Wildman–Crippen MR) is 48.5 cm³/mol. The van der Waals surface area contributed by atoms with Crippen LogP contribution in [0.15, 0.2) is 0 Å². The van der Waals surface area contributed by atoms with Crippen LogP contribution in [0, 0.1) is 0 Å². The highest BCUT2D eigenvalue weighted by Gasteiger charge is 2.13. The van der Waals surface area contributed by atoms with Crippen LogP contribution in [-0.4, -0.2) is 39.0 Å². The number of rotatable bonds is 8. The van der Waals surface area contributed by atoms with Crippen LogP contribution in [0.25, 0.3) is 0 Å². The summed E-state index contributed by atoms with van der Waals surface area (Å²) in [5.41, 5.74) is 0. The molecule has 0 radical (unpaired) electrons. The van der Waals surface area contributed by atoms with Gasteiger partial charge in [0.1, 0.15) is 6.61 Å². The molecule has 0 bridgehead atoms. The summed E-state index contributed by atoms with van der Waals surface area (Å²) < 4.78 is 15.1. The number of carbonyl (C=O) groups is 1. The van der Waals surface area contributed by atoms with Gasteiger partial charge in [0.05, 0.1) is 6.42 Å². The van der Waals surface area contributed by atoms with E-state index in [4.69, 9.17) is 14.2 Å². The summed E-state index contributed by atoms with van der Waals surface area (Å²) in [5, 5.41) is 0. The molecule has 0 aliphatic heterocycles. The van der Waals surface area contributed by atoms with Crippen molar-refractivity contribution in [3.8, 4) is 0 Å². The van der Waals surface area contributed by atoms with Crippen LogP contribution < -0.4 is 0 Å². The lowest BCUT2D eigenvalue weighted by Crippen LogP contribution is -2.23. The first-order chi connectivity index (χ1) is 6.24. The van der Waals surface area contributed by atoms with Gasteiger partial charge in [-0.05, 0) is 13.8 Å². The summed E-state index contributed by atoms with van der Waals surface area (Å²) in [6.07, 6.45) is -0.159. The number of ether oxygens (including phenoxy) is 3. The number of Topliss-reactive ketones (excluding diaryl/α,β-unsaturated/α-hetero) is 1. The number of hydrogen-bond acceptors (Lipinski definition) is 4. The first kappa shape index (κ1) is 12.6. The van der Waals surface area contributed by atoms with Crippen LogP contribution in [0.4, 0.5) is 0 Å². The Balaban J connectivity index is 3.71. The van der Waals surface area contributed by atoms with Crippen molar-refractivity contribution in [2.24, 2.45) is 0 Å². The first-order valence-electron chi connectivity index (χ1n) is 4.48. The molecule has 0 N–H and O–H groups in total. The molecule has 0 saturated heterocycles. The van der Waals surface area contributed by atoms with Crippen molar-refractivity contribution in [1.82, 2.24) is 0 Å². The van der Waals surface area contributed by atoms with Crippen molar-refractivity contribution in [2.75, 3.05) is 26.9 Å². The van der Waals surface area contributed by atoms with Gasteiger partial charge in [0.15, 0.2) is 12.1 Å². The molecule has 0 atom stereocenters. The van der Waals surface area contributed by atoms with Crippen molar-refractivity contribution < 1.29 is 19.0 Å². The SMILES string of the molecule is CCOC(CC(=O)COC)OCC. The average Bonchev–Trinajstić information content (AvgIpc) is 2.05. The van der Waals surface area contributed by atoms with Crippen LogP contribution >= 0.6 is 0 Å². The highest BCUT2D eigenvalue weighted by molar-refractivity contribution is 5.79. The van der Waals surface area contributed by atoms with E-state index in [1.807, 2.05) is 13.8 Å². The minimum absolute atomic E-state index is 0.00519. The van der Waals surface area contributed by atoms with E-state index in [2.05, 4.69) is 0 Å². The highest BCUT2D eigenvalue weighted by Crippen LogP contribution is 2.01. The Hall–Kier alpha value is -0.450. The van der Waals surface area contributed by atoms with Crippen LogP contribution in [0.2, 0.25) is 0 Å². The van der Waals surface area contributed by atoms with E-state index >= 15 is 0 Å². The zero-order valence-corrected chi connectivity index (χ0v) is 8.54. The Labute approximate surface area is 79.2 Å². The highest BCUT2D eigenvalue weighted by atomic mass is 16.7. The van der Waals surface area contributed by atoms with Crippen molar-refractivity contribution in [3.63, 3.8) is 0 Å². The molecule has 0 aromatic heterocycles. The van der Waals surface area contributed by atoms with Crippen LogP contribution in [-0.2, 0) is 19.0 Å². The first-order valence-corrected chi connectivity index (χ1v) is 4.48. The summed E-state index contributed by atoms with van der Waals surface area (Å²) in [7, 11) is 1.49. The number of carbonyl (C=O) groups excluding carboxylic acids is 1. The molecule has 0 unspecified atom stereocenters. The summed E-state index contributed by atoms with van der Waals surface area (Å²) >= 11 is 0. The molecule has 0 heterocycles. The minimum Gasteiger partial charge on any atom is -0.377 e. The standard InChI is InChI=1S/C9H18O4/c1-4-12-9(13-5-2)6-8(10)7-11-3/h9H,4-7H2,1-3H3. The van der Waals surface area contributed by atoms with Crippen molar-refractivity contribution in [3.05, 3.63) is 0 Å². The average molecular weight is 190 g/mol. The molecule has 0 amide bonds. The summed E-state index contributed by atoms with van der Waals surface area (Å²) in [6, 6.07) is 0. The monoisotopic (exact) mass is 190 g/mol. The summed E-state index contributed by atoms with van der Waals surface area (Å²) in [5.74, 6) is -0.00519. The normalized spacial score (nSPS) is 10.8. The molecular weight excluding hydrogens is 172 g/mol. The number of ketones is 1. The minimum atomic E-state index is -0.419. The Kier molecular flexibility index (Phi) is 7.88. The van der Waals surface area contributed by atoms with Crippen molar-refractivity contribution in [1.29, 1.82) is 0 Å². The third kappa shape index (κ3) is 6.69. The van der Waals surface area contributed by atoms with E-state index in [9.17, 15) is 4.79 Å². The Morgan fingerprint density at radius 1 is 1.23 bits per heavy atom. The van der Waals surface area contributed by atoms with Gasteiger partial charge in [-0.15, -0.1) is 0 Å². The van der Waals surface area contributed by atoms with Gasteiger partial charge in [0.2, 0.25) is 0 Å². The van der Waals surface area contributed by atoms with Crippen LogP contribution in [0.5, 0.6) is 0 Å². The van der Waals surface area contributed by atoms with E-state index in [0.29, 0.717) is 13.2 Å². The summed E-state index contributed by atoms with van der Waals surface area (Å²) in [6.45, 7) is 4.95. The van der Waals surface area contributed by atoms with Gasteiger partial charge < -0.3 is 14.2 Å². The van der Waals surface area contributed by atoms with Gasteiger partial charge in [-0.25, -0.2) is 0 Å². The van der Waals surface area contributed by atoms with Crippen LogP contribution in [0.3, 0.4) is 0 Å². The topological polar surface area (TPSA) is 44.8 Å². The fourth-order valence-corrected chi connectivity index (χ4v) is 0.944. The molecular formula is C9H18O4. The van der Waals surface area contributed by atoms with Crippen molar-refractivity contribution >= 4 is 5.78 Å². The zero-order chi connectivity index (χ0) is 10.1. The molecule has 4 heteroatoms. The molecule has 0 saturated carbocycles. The lowest BCUT2D eigenvalue weighted by Gasteiger charge is -2.15. The van der Waals surface area contributed by atoms with Gasteiger partial charge >= 0.3 is 0 Å². The van der Waals surface area contributed by atoms with Gasteiger partial charge in [-0.3, -0.25) is 4.79 Å². The predicted octanol–water partition coefficient (Wildman–Crippen LogP) is 0.991. The van der Waals surface area contributed by atoms with E-state index in [1.54, 1.807) is 0 Å². The maximum atomic E-state index is 11.1. The molecule has 13 heavy (non-hydrogen) atoms. The van der Waals surface area contributed by atoms with E-state index in [-0.39, 0.29) is 18.8 Å². The van der Waals surface area contributed by atoms with Gasteiger partial charge in [-0.2, -0.15) is 0 Å². The maximum Gasteiger partial charge on any atom is 0.164 e. The fraction of sp³-hybridized carbons (Fsp3) is 0.889. The summed E-state index contributed by atoms with van der Waals surface area (Å²) in [4.78, 5) is 11.1. The molecule has 0 aliphatic rings. The molecule has 0 aromatic rings. The quantitative estimate of drug-likeness (QED) is 0.535. The Morgan fingerprint density at radius 3 is 2.15 bits per heavy atom. The molecule has 78 valence electrons. The molecule has 0 spiro atoms. The second-order valence-corrected chi connectivity index (χ2v) is 2.52. The zero-order valence-electron chi connectivity index (χ0n) is 8.54. The van der Waals surface area contributed by atoms with E-state index in [1.165, 1.54) is 7.11 Å². The number of methoxy groups -OCH3 is 1. The molecule has 0 fully saturated rings. The molecule has 4 nitrogen and oxygen atoms in total. The van der Waals surface area contributed by atoms with Crippen LogP contribution in [0.1, 0.15) is 20.3 Å². The van der Waals surface area contributed by atoms with Gasteiger partial charge in [0, 0.05) is 20.3 Å².